The van der Waals surface area contributed by atoms with Crippen LogP contribution >= 0.6 is 11.8 Å². The fraction of sp³-hybridized carbons (Fsp3) is 0.300. The van der Waals surface area contributed by atoms with Crippen molar-refractivity contribution < 1.29 is 9.21 Å². The van der Waals surface area contributed by atoms with Crippen molar-refractivity contribution in [3.63, 3.8) is 0 Å². The first-order chi connectivity index (χ1) is 12.0. The van der Waals surface area contributed by atoms with Crippen molar-refractivity contribution in [3.8, 4) is 0 Å². The molecule has 0 fully saturated rings. The van der Waals surface area contributed by atoms with E-state index in [0.29, 0.717) is 11.6 Å². The second-order valence-electron chi connectivity index (χ2n) is 6.22. The Hall–Kier alpha value is -2.27. The van der Waals surface area contributed by atoms with Gasteiger partial charge >= 0.3 is 0 Å². The first-order valence-corrected chi connectivity index (χ1v) is 9.37. The zero-order valence-electron chi connectivity index (χ0n) is 14.8. The van der Waals surface area contributed by atoms with Gasteiger partial charge in [-0.25, -0.2) is 4.98 Å². The average molecular weight is 354 g/mol. The van der Waals surface area contributed by atoms with E-state index in [2.05, 4.69) is 29.4 Å². The highest BCUT2D eigenvalue weighted by Crippen LogP contribution is 2.25. The van der Waals surface area contributed by atoms with E-state index in [1.807, 2.05) is 38.1 Å². The third-order valence-electron chi connectivity index (χ3n) is 3.99. The standard InChI is InChI=1S/C20H22N2O2S/c1-13-11-14(2)19(15(3)12-13)22-18(23)9-6-10-25-20-21-16-7-4-5-8-17(16)24-20/h4-5,7-8,11-12H,6,9-10H2,1-3H3,(H,22,23). The molecule has 0 bridgehead atoms. The Kier molecular flexibility index (Phi) is 5.43. The maximum Gasteiger partial charge on any atom is 0.256 e. The van der Waals surface area contributed by atoms with Gasteiger partial charge in [-0.2, -0.15) is 0 Å². The maximum atomic E-state index is 12.2. The van der Waals surface area contributed by atoms with E-state index in [-0.39, 0.29) is 5.91 Å². The second kappa shape index (κ2) is 7.74. The molecule has 25 heavy (non-hydrogen) atoms. The summed E-state index contributed by atoms with van der Waals surface area (Å²) in [7, 11) is 0. The van der Waals surface area contributed by atoms with Crippen LogP contribution in [-0.2, 0) is 4.79 Å². The molecule has 0 atom stereocenters. The minimum Gasteiger partial charge on any atom is -0.431 e. The van der Waals surface area contributed by atoms with Gasteiger partial charge in [-0.15, -0.1) is 0 Å². The molecule has 0 saturated carbocycles. The predicted octanol–water partition coefficient (Wildman–Crippen LogP) is 5.26. The van der Waals surface area contributed by atoms with Crippen molar-refractivity contribution in [2.45, 2.75) is 38.8 Å². The number of nitrogens with zero attached hydrogens (tertiary/aromatic N) is 1. The Labute approximate surface area is 152 Å². The highest BCUT2D eigenvalue weighted by molar-refractivity contribution is 7.99. The highest BCUT2D eigenvalue weighted by Gasteiger charge is 2.09. The molecule has 0 aliphatic rings. The lowest BCUT2D eigenvalue weighted by atomic mass is 10.0. The number of fused-ring (bicyclic) bond motifs is 1. The first-order valence-electron chi connectivity index (χ1n) is 8.39. The Bertz CT molecular complexity index is 846. The minimum atomic E-state index is 0.0493. The summed E-state index contributed by atoms with van der Waals surface area (Å²) in [6.45, 7) is 6.12. The van der Waals surface area contributed by atoms with Crippen molar-refractivity contribution in [2.24, 2.45) is 0 Å². The van der Waals surface area contributed by atoms with E-state index < -0.39 is 0 Å². The Balaban J connectivity index is 1.48. The number of nitrogens with one attached hydrogen (secondary N) is 1. The van der Waals surface area contributed by atoms with Crippen LogP contribution in [0.4, 0.5) is 5.69 Å². The van der Waals surface area contributed by atoms with Crippen LogP contribution in [-0.4, -0.2) is 16.6 Å². The normalized spacial score (nSPS) is 11.0. The lowest BCUT2D eigenvalue weighted by Crippen LogP contribution is -2.13. The van der Waals surface area contributed by atoms with E-state index in [0.717, 1.165) is 40.1 Å². The SMILES string of the molecule is Cc1cc(C)c(NC(=O)CCCSc2nc3ccccc3o2)c(C)c1. The van der Waals surface area contributed by atoms with E-state index in [1.54, 1.807) is 11.8 Å². The van der Waals surface area contributed by atoms with Gasteiger partial charge in [-0.1, -0.05) is 41.6 Å². The van der Waals surface area contributed by atoms with Crippen molar-refractivity contribution >= 4 is 34.5 Å². The molecule has 0 saturated heterocycles. The van der Waals surface area contributed by atoms with Gasteiger partial charge in [0.1, 0.15) is 5.52 Å². The number of amides is 1. The number of anilines is 1. The molecular weight excluding hydrogens is 332 g/mol. The number of thioether (sulfide) groups is 1. The Morgan fingerprint density at radius 2 is 1.88 bits per heavy atom. The number of carbonyl (C=O) groups is 1. The Morgan fingerprint density at radius 1 is 1.16 bits per heavy atom. The molecule has 3 rings (SSSR count). The number of aromatic nitrogens is 1. The van der Waals surface area contributed by atoms with Crippen LogP contribution in [0.1, 0.15) is 29.5 Å². The maximum absolute atomic E-state index is 12.2. The molecule has 1 amide bonds. The molecule has 0 spiro atoms. The van der Waals surface area contributed by atoms with Crippen molar-refractivity contribution in [1.82, 2.24) is 4.98 Å². The monoisotopic (exact) mass is 354 g/mol. The number of para-hydroxylation sites is 2. The topological polar surface area (TPSA) is 55.1 Å². The molecule has 2 aromatic carbocycles. The zero-order valence-corrected chi connectivity index (χ0v) is 15.6. The average Bonchev–Trinajstić information content (AvgIpc) is 2.97. The summed E-state index contributed by atoms with van der Waals surface area (Å²) in [6, 6.07) is 11.9. The van der Waals surface area contributed by atoms with E-state index >= 15 is 0 Å². The predicted molar refractivity (Wildman–Crippen MR) is 103 cm³/mol. The van der Waals surface area contributed by atoms with Crippen LogP contribution in [0.5, 0.6) is 0 Å². The van der Waals surface area contributed by atoms with E-state index in [4.69, 9.17) is 4.42 Å². The third-order valence-corrected chi connectivity index (χ3v) is 4.90. The summed E-state index contributed by atoms with van der Waals surface area (Å²) in [6.07, 6.45) is 1.26. The lowest BCUT2D eigenvalue weighted by molar-refractivity contribution is -0.116. The molecule has 0 aliphatic carbocycles. The van der Waals surface area contributed by atoms with Crippen LogP contribution < -0.4 is 5.32 Å². The van der Waals surface area contributed by atoms with Crippen molar-refractivity contribution in [2.75, 3.05) is 11.1 Å². The second-order valence-corrected chi connectivity index (χ2v) is 7.27. The van der Waals surface area contributed by atoms with Gasteiger partial charge in [0.2, 0.25) is 5.91 Å². The van der Waals surface area contributed by atoms with Crippen LogP contribution in [0.25, 0.3) is 11.1 Å². The summed E-state index contributed by atoms with van der Waals surface area (Å²) in [4.78, 5) is 16.6. The summed E-state index contributed by atoms with van der Waals surface area (Å²) >= 11 is 1.54. The first kappa shape index (κ1) is 17.5. The van der Waals surface area contributed by atoms with Gasteiger partial charge < -0.3 is 9.73 Å². The molecule has 5 heteroatoms. The summed E-state index contributed by atoms with van der Waals surface area (Å²) < 4.78 is 5.66. The number of oxazole rings is 1. The molecule has 1 N–H and O–H groups in total. The molecule has 4 nitrogen and oxygen atoms in total. The van der Waals surface area contributed by atoms with Gasteiger partial charge in [0.15, 0.2) is 5.58 Å². The van der Waals surface area contributed by atoms with Crippen LogP contribution in [0.2, 0.25) is 0 Å². The number of hydrogen-bond donors (Lipinski definition) is 1. The quantitative estimate of drug-likeness (QED) is 0.484. The number of hydrogen-bond acceptors (Lipinski definition) is 4. The van der Waals surface area contributed by atoms with Gasteiger partial charge in [0.05, 0.1) is 0 Å². The highest BCUT2D eigenvalue weighted by atomic mass is 32.2. The molecule has 1 aromatic heterocycles. The van der Waals surface area contributed by atoms with Gasteiger partial charge in [-0.3, -0.25) is 4.79 Å². The largest absolute Gasteiger partial charge is 0.431 e. The number of aryl methyl sites for hydroxylation is 3. The van der Waals surface area contributed by atoms with E-state index in [9.17, 15) is 4.79 Å². The fourth-order valence-corrected chi connectivity index (χ4v) is 3.66. The molecule has 130 valence electrons. The minimum absolute atomic E-state index is 0.0493. The van der Waals surface area contributed by atoms with Gasteiger partial charge in [0, 0.05) is 17.9 Å². The summed E-state index contributed by atoms with van der Waals surface area (Å²) in [5.41, 5.74) is 6.02. The number of carbonyl (C=O) groups excluding carboxylic acids is 1. The van der Waals surface area contributed by atoms with Crippen LogP contribution in [0, 0.1) is 20.8 Å². The molecule has 0 unspecified atom stereocenters. The Morgan fingerprint density at radius 3 is 2.60 bits per heavy atom. The van der Waals surface area contributed by atoms with Gasteiger partial charge in [0.25, 0.3) is 5.22 Å². The van der Waals surface area contributed by atoms with Crippen molar-refractivity contribution in [1.29, 1.82) is 0 Å². The fourth-order valence-electron chi connectivity index (χ4n) is 2.88. The summed E-state index contributed by atoms with van der Waals surface area (Å²) in [5.74, 6) is 0.847. The molecule has 1 heterocycles. The molecular formula is C20H22N2O2S. The summed E-state index contributed by atoms with van der Waals surface area (Å²) in [5, 5.41) is 3.70. The van der Waals surface area contributed by atoms with Crippen LogP contribution in [0.3, 0.4) is 0 Å². The van der Waals surface area contributed by atoms with Crippen LogP contribution in [0.15, 0.2) is 46.0 Å². The third kappa shape index (κ3) is 4.42. The zero-order chi connectivity index (χ0) is 17.8. The molecule has 3 aromatic rings. The number of rotatable bonds is 6. The van der Waals surface area contributed by atoms with Gasteiger partial charge in [-0.05, 0) is 50.5 Å². The smallest absolute Gasteiger partial charge is 0.256 e. The van der Waals surface area contributed by atoms with E-state index in [1.165, 1.54) is 5.56 Å². The number of benzene rings is 2. The lowest BCUT2D eigenvalue weighted by Gasteiger charge is -2.12. The van der Waals surface area contributed by atoms with Crippen molar-refractivity contribution in [3.05, 3.63) is 53.1 Å². The molecule has 0 aliphatic heterocycles. The molecule has 0 radical (unpaired) electrons.